The second-order valence-electron chi connectivity index (χ2n) is 3.51. The molecule has 0 N–H and O–H groups in total. The van der Waals surface area contributed by atoms with Crippen LogP contribution in [0.5, 0.6) is 0 Å². The molecule has 1 aromatic rings. The summed E-state index contributed by atoms with van der Waals surface area (Å²) in [6, 6.07) is 4.08. The smallest absolute Gasteiger partial charge is 0.0705 e. The quantitative estimate of drug-likeness (QED) is 0.654. The minimum absolute atomic E-state index is 1.05. The van der Waals surface area contributed by atoms with Crippen LogP contribution >= 0.6 is 0 Å². The number of aliphatic imine (C=N–C) groups is 1. The Labute approximate surface area is 98.1 Å². The van der Waals surface area contributed by atoms with E-state index in [2.05, 4.69) is 23.0 Å². The van der Waals surface area contributed by atoms with E-state index in [4.69, 9.17) is 0 Å². The van der Waals surface area contributed by atoms with Gasteiger partial charge < -0.3 is 0 Å². The zero-order valence-electron chi connectivity index (χ0n) is 10.6. The van der Waals surface area contributed by atoms with Crippen molar-refractivity contribution >= 4 is 11.9 Å². The van der Waals surface area contributed by atoms with E-state index in [9.17, 15) is 0 Å². The summed E-state index contributed by atoms with van der Waals surface area (Å²) in [5, 5.41) is 0. The van der Waals surface area contributed by atoms with Gasteiger partial charge in [-0.1, -0.05) is 13.8 Å². The van der Waals surface area contributed by atoms with Gasteiger partial charge >= 0.3 is 0 Å². The monoisotopic (exact) mass is 216 g/mol. The highest BCUT2D eigenvalue weighted by Crippen LogP contribution is 2.30. The number of nitrogens with zero attached hydrogens (tertiary/aromatic N) is 2. The van der Waals surface area contributed by atoms with Crippen molar-refractivity contribution in [3.05, 3.63) is 35.2 Å². The van der Waals surface area contributed by atoms with E-state index >= 15 is 0 Å². The Morgan fingerprint density at radius 3 is 2.75 bits per heavy atom. The highest BCUT2D eigenvalue weighted by molar-refractivity contribution is 5.76. The molecule has 0 saturated carbocycles. The van der Waals surface area contributed by atoms with Gasteiger partial charge in [0, 0.05) is 18.0 Å². The van der Waals surface area contributed by atoms with Gasteiger partial charge in [0.05, 0.1) is 11.4 Å². The average Bonchev–Trinajstić information content (AvgIpc) is 2.35. The van der Waals surface area contributed by atoms with Crippen molar-refractivity contribution in [1.29, 1.82) is 0 Å². The van der Waals surface area contributed by atoms with E-state index < -0.39 is 0 Å². The molecule has 1 aromatic heterocycles. The van der Waals surface area contributed by atoms with Crippen molar-refractivity contribution < 1.29 is 0 Å². The Morgan fingerprint density at radius 2 is 2.06 bits per heavy atom. The maximum absolute atomic E-state index is 4.42. The van der Waals surface area contributed by atoms with Gasteiger partial charge in [0.2, 0.25) is 0 Å². The van der Waals surface area contributed by atoms with Crippen molar-refractivity contribution in [2.45, 2.75) is 40.5 Å². The second kappa shape index (κ2) is 6.21. The van der Waals surface area contributed by atoms with E-state index in [1.54, 1.807) is 0 Å². The molecule has 0 aromatic carbocycles. The summed E-state index contributed by atoms with van der Waals surface area (Å²) < 4.78 is 0. The lowest BCUT2D eigenvalue weighted by atomic mass is 9.94. The van der Waals surface area contributed by atoms with Crippen LogP contribution in [0.3, 0.4) is 0 Å². The molecular weight excluding hydrogens is 196 g/mol. The van der Waals surface area contributed by atoms with Crippen LogP contribution in [-0.4, -0.2) is 11.2 Å². The number of aromatic nitrogens is 1. The summed E-state index contributed by atoms with van der Waals surface area (Å²) in [6.45, 7) is 8.10. The molecule has 0 amide bonds. The SMILES string of the molecule is CC.CC=NC1=C(C)CCc2ncccc21. The third-order valence-corrected chi connectivity index (χ3v) is 2.54. The van der Waals surface area contributed by atoms with Crippen molar-refractivity contribution in [1.82, 2.24) is 4.98 Å². The maximum atomic E-state index is 4.42. The Balaban J connectivity index is 0.000000606. The third kappa shape index (κ3) is 2.57. The van der Waals surface area contributed by atoms with E-state index in [1.807, 2.05) is 39.2 Å². The average molecular weight is 216 g/mol. The van der Waals surface area contributed by atoms with Gasteiger partial charge in [-0.2, -0.15) is 0 Å². The second-order valence-corrected chi connectivity index (χ2v) is 3.51. The first-order valence-electron chi connectivity index (χ1n) is 5.95. The minimum Gasteiger partial charge on any atom is -0.261 e. The molecule has 2 rings (SSSR count). The zero-order chi connectivity index (χ0) is 12.0. The van der Waals surface area contributed by atoms with Crippen molar-refractivity contribution in [2.24, 2.45) is 4.99 Å². The van der Waals surface area contributed by atoms with Crippen LogP contribution in [0.4, 0.5) is 0 Å². The van der Waals surface area contributed by atoms with Gasteiger partial charge in [-0.05, 0) is 44.4 Å². The highest BCUT2D eigenvalue weighted by Gasteiger charge is 2.15. The topological polar surface area (TPSA) is 25.2 Å². The predicted octanol–water partition coefficient (Wildman–Crippen LogP) is 3.88. The summed E-state index contributed by atoms with van der Waals surface area (Å²) in [5.74, 6) is 0. The van der Waals surface area contributed by atoms with Crippen LogP contribution in [0, 0.1) is 0 Å². The molecule has 1 aliphatic rings. The molecule has 16 heavy (non-hydrogen) atoms. The first-order valence-corrected chi connectivity index (χ1v) is 5.95. The molecule has 0 bridgehead atoms. The van der Waals surface area contributed by atoms with Gasteiger partial charge in [0.25, 0.3) is 0 Å². The summed E-state index contributed by atoms with van der Waals surface area (Å²) in [4.78, 5) is 8.80. The number of hydrogen-bond donors (Lipinski definition) is 0. The van der Waals surface area contributed by atoms with Crippen molar-refractivity contribution in [3.8, 4) is 0 Å². The highest BCUT2D eigenvalue weighted by atomic mass is 14.8. The number of fused-ring (bicyclic) bond motifs is 1. The van der Waals surface area contributed by atoms with E-state index in [1.165, 1.54) is 16.8 Å². The van der Waals surface area contributed by atoms with Crippen LogP contribution in [-0.2, 0) is 6.42 Å². The fraction of sp³-hybridized carbons (Fsp3) is 0.429. The zero-order valence-corrected chi connectivity index (χ0v) is 10.6. The molecule has 86 valence electrons. The molecule has 1 aliphatic carbocycles. The molecule has 0 aliphatic heterocycles. The Morgan fingerprint density at radius 1 is 1.31 bits per heavy atom. The molecule has 0 spiro atoms. The Hall–Kier alpha value is -1.44. The lowest BCUT2D eigenvalue weighted by molar-refractivity contribution is 0.871. The molecule has 0 fully saturated rings. The molecule has 0 unspecified atom stereocenters. The minimum atomic E-state index is 1.05. The normalized spacial score (nSPS) is 14.5. The van der Waals surface area contributed by atoms with Gasteiger partial charge in [-0.25, -0.2) is 0 Å². The number of rotatable bonds is 1. The standard InChI is InChI=1S/C12H14N2.C2H6/c1-3-13-12-9(2)6-7-11-10(12)5-4-8-14-11;1-2/h3-5,8H,6-7H2,1-2H3;1-2H3. The van der Waals surface area contributed by atoms with E-state index in [0.717, 1.165) is 18.5 Å². The lowest BCUT2D eigenvalue weighted by Gasteiger charge is -2.17. The molecular formula is C14H20N2. The number of hydrogen-bond acceptors (Lipinski definition) is 2. The summed E-state index contributed by atoms with van der Waals surface area (Å²) in [6.07, 6.45) is 5.83. The van der Waals surface area contributed by atoms with Gasteiger partial charge in [-0.3, -0.25) is 9.98 Å². The lowest BCUT2D eigenvalue weighted by Crippen LogP contribution is -2.04. The van der Waals surface area contributed by atoms with Gasteiger partial charge in [0.15, 0.2) is 0 Å². The first-order chi connectivity index (χ1) is 7.83. The fourth-order valence-corrected chi connectivity index (χ4v) is 1.82. The van der Waals surface area contributed by atoms with Crippen molar-refractivity contribution in [2.75, 3.05) is 0 Å². The summed E-state index contributed by atoms with van der Waals surface area (Å²) in [5.41, 5.74) is 4.86. The summed E-state index contributed by atoms with van der Waals surface area (Å²) >= 11 is 0. The van der Waals surface area contributed by atoms with E-state index in [0.29, 0.717) is 0 Å². The Kier molecular flexibility index (Phi) is 4.90. The van der Waals surface area contributed by atoms with Crippen LogP contribution in [0.2, 0.25) is 0 Å². The molecule has 2 heteroatoms. The number of pyridine rings is 1. The van der Waals surface area contributed by atoms with Crippen LogP contribution < -0.4 is 0 Å². The number of aryl methyl sites for hydroxylation is 1. The fourth-order valence-electron chi connectivity index (χ4n) is 1.82. The maximum Gasteiger partial charge on any atom is 0.0705 e. The molecule has 2 nitrogen and oxygen atoms in total. The van der Waals surface area contributed by atoms with E-state index in [-0.39, 0.29) is 0 Å². The summed E-state index contributed by atoms with van der Waals surface area (Å²) in [7, 11) is 0. The predicted molar refractivity (Wildman–Crippen MR) is 70.7 cm³/mol. The first kappa shape index (κ1) is 12.6. The molecule has 0 saturated heterocycles. The molecule has 1 heterocycles. The van der Waals surface area contributed by atoms with Gasteiger partial charge in [-0.15, -0.1) is 0 Å². The largest absolute Gasteiger partial charge is 0.261 e. The molecule has 0 atom stereocenters. The Bertz CT molecular complexity index is 403. The van der Waals surface area contributed by atoms with Crippen LogP contribution in [0.1, 0.15) is 45.4 Å². The van der Waals surface area contributed by atoms with Crippen molar-refractivity contribution in [3.63, 3.8) is 0 Å². The third-order valence-electron chi connectivity index (χ3n) is 2.54. The van der Waals surface area contributed by atoms with Crippen LogP contribution in [0.25, 0.3) is 5.70 Å². The number of allylic oxidation sites excluding steroid dienone is 1. The molecule has 0 radical (unpaired) electrons. The van der Waals surface area contributed by atoms with Gasteiger partial charge in [0.1, 0.15) is 0 Å². The van der Waals surface area contributed by atoms with Crippen LogP contribution in [0.15, 0.2) is 28.9 Å².